The number of pyridine rings is 1. The van der Waals surface area contributed by atoms with Crippen LogP contribution in [0.25, 0.3) is 0 Å². The molecule has 0 radical (unpaired) electrons. The van der Waals surface area contributed by atoms with Crippen LogP contribution in [0, 0.1) is 0 Å². The molecule has 1 rings (SSSR count). The van der Waals surface area contributed by atoms with Crippen LogP contribution in [-0.4, -0.2) is 52.4 Å². The molecule has 1 heterocycles. The van der Waals surface area contributed by atoms with Crippen molar-refractivity contribution in [2.45, 2.75) is 19.0 Å². The molecule has 0 amide bonds. The van der Waals surface area contributed by atoms with Crippen molar-refractivity contribution in [3.8, 4) is 0 Å². The van der Waals surface area contributed by atoms with Gasteiger partial charge in [-0.05, 0) is 24.6 Å². The third kappa shape index (κ3) is 4.05. The zero-order chi connectivity index (χ0) is 12.7. The van der Waals surface area contributed by atoms with Crippen molar-refractivity contribution in [3.05, 3.63) is 30.1 Å². The maximum atomic E-state index is 9.06. The summed E-state index contributed by atoms with van der Waals surface area (Å²) in [6, 6.07) is 3.72. The van der Waals surface area contributed by atoms with Crippen molar-refractivity contribution in [1.82, 2.24) is 9.88 Å². The first-order valence-electron chi connectivity index (χ1n) is 5.82. The van der Waals surface area contributed by atoms with Gasteiger partial charge in [-0.25, -0.2) is 0 Å². The van der Waals surface area contributed by atoms with Crippen LogP contribution >= 0.6 is 0 Å². The van der Waals surface area contributed by atoms with Crippen LogP contribution in [-0.2, 0) is 0 Å². The van der Waals surface area contributed by atoms with E-state index in [4.69, 9.17) is 15.9 Å². The molecular weight excluding hydrogens is 218 g/mol. The smallest absolute Gasteiger partial charge is 0.0558 e. The number of hydrogen-bond donors (Lipinski definition) is 3. The van der Waals surface area contributed by atoms with Gasteiger partial charge in [0, 0.05) is 37.6 Å². The van der Waals surface area contributed by atoms with Gasteiger partial charge in [-0.3, -0.25) is 9.88 Å². The van der Waals surface area contributed by atoms with Crippen LogP contribution < -0.4 is 5.73 Å². The summed E-state index contributed by atoms with van der Waals surface area (Å²) in [5.74, 6) is 0. The third-order valence-corrected chi connectivity index (χ3v) is 2.71. The maximum Gasteiger partial charge on any atom is 0.0558 e. The van der Waals surface area contributed by atoms with Gasteiger partial charge in [-0.1, -0.05) is 0 Å². The monoisotopic (exact) mass is 239 g/mol. The summed E-state index contributed by atoms with van der Waals surface area (Å²) in [6.45, 7) is 3.01. The molecule has 0 aliphatic rings. The number of aliphatic hydroxyl groups excluding tert-OH is 2. The highest BCUT2D eigenvalue weighted by atomic mass is 16.3. The molecule has 2 atom stereocenters. The summed E-state index contributed by atoms with van der Waals surface area (Å²) in [5.41, 5.74) is 7.06. The number of aliphatic hydroxyl groups is 2. The van der Waals surface area contributed by atoms with Crippen LogP contribution in [0.4, 0.5) is 0 Å². The van der Waals surface area contributed by atoms with E-state index in [0.717, 1.165) is 5.56 Å². The average molecular weight is 239 g/mol. The Morgan fingerprint density at radius 3 is 2.18 bits per heavy atom. The standard InChI is InChI=1S/C12H21N3O2/c1-10(13)12(11-2-4-14-5-3-11)15(6-8-16)7-9-17/h2-5,10,12,16-17H,6-9,13H2,1H3. The van der Waals surface area contributed by atoms with E-state index in [1.807, 2.05) is 24.0 Å². The van der Waals surface area contributed by atoms with E-state index in [0.29, 0.717) is 13.1 Å². The summed E-state index contributed by atoms with van der Waals surface area (Å²) in [6.07, 6.45) is 3.45. The lowest BCUT2D eigenvalue weighted by Gasteiger charge is -2.33. The molecule has 17 heavy (non-hydrogen) atoms. The predicted molar refractivity (Wildman–Crippen MR) is 66.4 cm³/mol. The van der Waals surface area contributed by atoms with Gasteiger partial charge in [0.25, 0.3) is 0 Å². The molecule has 2 unspecified atom stereocenters. The van der Waals surface area contributed by atoms with E-state index in [1.54, 1.807) is 12.4 Å². The van der Waals surface area contributed by atoms with Gasteiger partial charge in [0.2, 0.25) is 0 Å². The van der Waals surface area contributed by atoms with Gasteiger partial charge in [0.05, 0.1) is 13.2 Å². The van der Waals surface area contributed by atoms with Gasteiger partial charge in [-0.15, -0.1) is 0 Å². The Balaban J connectivity index is 2.90. The van der Waals surface area contributed by atoms with Crippen LogP contribution in [0.2, 0.25) is 0 Å². The molecule has 5 heteroatoms. The van der Waals surface area contributed by atoms with Crippen molar-refractivity contribution in [1.29, 1.82) is 0 Å². The van der Waals surface area contributed by atoms with E-state index < -0.39 is 0 Å². The van der Waals surface area contributed by atoms with E-state index in [9.17, 15) is 0 Å². The zero-order valence-corrected chi connectivity index (χ0v) is 10.2. The Hall–Kier alpha value is -1.01. The van der Waals surface area contributed by atoms with Gasteiger partial charge in [0.1, 0.15) is 0 Å². The summed E-state index contributed by atoms with van der Waals surface area (Å²) >= 11 is 0. The highest BCUT2D eigenvalue weighted by Crippen LogP contribution is 2.22. The number of hydrogen-bond acceptors (Lipinski definition) is 5. The highest BCUT2D eigenvalue weighted by Gasteiger charge is 2.23. The lowest BCUT2D eigenvalue weighted by atomic mass is 10.0. The normalized spacial score (nSPS) is 14.9. The van der Waals surface area contributed by atoms with Crippen molar-refractivity contribution in [2.24, 2.45) is 5.73 Å². The molecule has 0 aromatic carbocycles. The lowest BCUT2D eigenvalue weighted by molar-refractivity contribution is 0.111. The first kappa shape index (κ1) is 14.1. The van der Waals surface area contributed by atoms with Gasteiger partial charge >= 0.3 is 0 Å². The second-order valence-electron chi connectivity index (χ2n) is 4.07. The fourth-order valence-corrected chi connectivity index (χ4v) is 2.05. The van der Waals surface area contributed by atoms with Gasteiger partial charge in [0.15, 0.2) is 0 Å². The number of nitrogens with two attached hydrogens (primary N) is 1. The minimum absolute atomic E-state index is 0.0164. The second kappa shape index (κ2) is 7.34. The molecule has 0 fully saturated rings. The molecule has 0 aliphatic heterocycles. The summed E-state index contributed by atoms with van der Waals surface area (Å²) in [5, 5.41) is 18.1. The minimum atomic E-state index is -0.0875. The van der Waals surface area contributed by atoms with E-state index in [-0.39, 0.29) is 25.3 Å². The number of rotatable bonds is 7. The predicted octanol–water partition coefficient (Wildman–Crippen LogP) is -0.243. The molecule has 1 aromatic rings. The van der Waals surface area contributed by atoms with Crippen LogP contribution in [0.1, 0.15) is 18.5 Å². The molecule has 4 N–H and O–H groups in total. The third-order valence-electron chi connectivity index (χ3n) is 2.71. The molecule has 0 spiro atoms. The number of nitrogens with zero attached hydrogens (tertiary/aromatic N) is 2. The molecule has 0 bridgehead atoms. The summed E-state index contributed by atoms with van der Waals surface area (Å²) < 4.78 is 0. The second-order valence-corrected chi connectivity index (χ2v) is 4.07. The topological polar surface area (TPSA) is 82.6 Å². The van der Waals surface area contributed by atoms with Crippen LogP contribution in [0.5, 0.6) is 0 Å². The molecule has 1 aromatic heterocycles. The maximum absolute atomic E-state index is 9.06. The highest BCUT2D eigenvalue weighted by molar-refractivity contribution is 5.17. The summed E-state index contributed by atoms with van der Waals surface area (Å²) in [4.78, 5) is 5.97. The van der Waals surface area contributed by atoms with Gasteiger partial charge in [-0.2, -0.15) is 0 Å². The minimum Gasteiger partial charge on any atom is -0.395 e. The molecule has 0 saturated heterocycles. The van der Waals surface area contributed by atoms with E-state index in [1.165, 1.54) is 0 Å². The van der Waals surface area contributed by atoms with Crippen molar-refractivity contribution in [2.75, 3.05) is 26.3 Å². The Morgan fingerprint density at radius 2 is 1.76 bits per heavy atom. The molecule has 0 aliphatic carbocycles. The Labute approximate surface area is 102 Å². The molecule has 96 valence electrons. The first-order valence-corrected chi connectivity index (χ1v) is 5.82. The molecule has 0 saturated carbocycles. The Kier molecular flexibility index (Phi) is 6.07. The first-order chi connectivity index (χ1) is 8.20. The Morgan fingerprint density at radius 1 is 1.24 bits per heavy atom. The average Bonchev–Trinajstić information content (AvgIpc) is 2.31. The van der Waals surface area contributed by atoms with E-state index >= 15 is 0 Å². The SMILES string of the molecule is CC(N)C(c1ccncc1)N(CCO)CCO. The van der Waals surface area contributed by atoms with Gasteiger partial charge < -0.3 is 15.9 Å². The fourth-order valence-electron chi connectivity index (χ4n) is 2.05. The lowest BCUT2D eigenvalue weighted by Crippen LogP contribution is -2.42. The van der Waals surface area contributed by atoms with E-state index in [2.05, 4.69) is 4.98 Å². The van der Waals surface area contributed by atoms with Crippen molar-refractivity contribution < 1.29 is 10.2 Å². The van der Waals surface area contributed by atoms with Crippen LogP contribution in [0.3, 0.4) is 0 Å². The zero-order valence-electron chi connectivity index (χ0n) is 10.2. The fraction of sp³-hybridized carbons (Fsp3) is 0.583. The van der Waals surface area contributed by atoms with Crippen molar-refractivity contribution in [3.63, 3.8) is 0 Å². The quantitative estimate of drug-likeness (QED) is 0.611. The van der Waals surface area contributed by atoms with Crippen molar-refractivity contribution >= 4 is 0 Å². The largest absolute Gasteiger partial charge is 0.395 e. The summed E-state index contributed by atoms with van der Waals surface area (Å²) in [7, 11) is 0. The molecule has 5 nitrogen and oxygen atoms in total. The number of aromatic nitrogens is 1. The van der Waals surface area contributed by atoms with Crippen LogP contribution in [0.15, 0.2) is 24.5 Å². The Bertz CT molecular complexity index is 300. The molecular formula is C12H21N3O2.